The second-order valence-electron chi connectivity index (χ2n) is 11.0. The molecule has 3 aromatic rings. The van der Waals surface area contributed by atoms with Gasteiger partial charge in [0.1, 0.15) is 11.8 Å². The minimum atomic E-state index is -0.567. The van der Waals surface area contributed by atoms with Crippen molar-refractivity contribution in [1.82, 2.24) is 20.5 Å². The van der Waals surface area contributed by atoms with E-state index in [1.165, 1.54) is 24.8 Å². The van der Waals surface area contributed by atoms with Crippen molar-refractivity contribution in [2.75, 3.05) is 26.2 Å². The lowest BCUT2D eigenvalue weighted by molar-refractivity contribution is -0.129. The Morgan fingerprint density at radius 1 is 0.900 bits per heavy atom. The van der Waals surface area contributed by atoms with Crippen LogP contribution in [0, 0.1) is 0 Å². The van der Waals surface area contributed by atoms with E-state index in [-0.39, 0.29) is 17.6 Å². The van der Waals surface area contributed by atoms with Crippen molar-refractivity contribution in [1.29, 1.82) is 0 Å². The summed E-state index contributed by atoms with van der Waals surface area (Å²) in [5, 5.41) is 7.27. The number of hydrogen-bond acceptors (Lipinski definition) is 4. The molecule has 1 aliphatic rings. The smallest absolute Gasteiger partial charge is 0.242 e. The molecule has 7 nitrogen and oxygen atoms in total. The van der Waals surface area contributed by atoms with Crippen molar-refractivity contribution in [3.05, 3.63) is 60.2 Å². The van der Waals surface area contributed by atoms with Gasteiger partial charge in [0.05, 0.1) is 0 Å². The van der Waals surface area contributed by atoms with Gasteiger partial charge < -0.3 is 25.3 Å². The van der Waals surface area contributed by atoms with E-state index >= 15 is 0 Å². The van der Waals surface area contributed by atoms with Gasteiger partial charge in [0.2, 0.25) is 11.8 Å². The minimum Gasteiger partial charge on any atom is -0.354 e. The number of aromatic amines is 1. The number of H-pyrrole nitrogens is 1. The molecule has 0 saturated carbocycles. The van der Waals surface area contributed by atoms with Crippen LogP contribution in [0.25, 0.3) is 22.2 Å². The molecule has 2 aromatic carbocycles. The van der Waals surface area contributed by atoms with Crippen LogP contribution >= 0.6 is 0 Å². The molecular weight excluding hydrogens is 500 g/mol. The van der Waals surface area contributed by atoms with Crippen LogP contribution in [0.1, 0.15) is 70.3 Å². The van der Waals surface area contributed by atoms with Gasteiger partial charge in [0, 0.05) is 42.5 Å². The van der Waals surface area contributed by atoms with Gasteiger partial charge in [-0.2, -0.15) is 0 Å². The first-order valence-corrected chi connectivity index (χ1v) is 14.9. The lowest BCUT2D eigenvalue weighted by Crippen LogP contribution is -2.47. The van der Waals surface area contributed by atoms with Crippen LogP contribution in [-0.4, -0.2) is 59.7 Å². The summed E-state index contributed by atoms with van der Waals surface area (Å²) in [5.41, 5.74) is 4.44. The number of fused-ring (bicyclic) bond motifs is 1. The Balaban J connectivity index is 1.36. The number of unbranched alkanes of at least 4 members (excludes halogenated alkanes) is 2. The molecule has 0 aliphatic carbocycles. The Kier molecular flexibility index (Phi) is 11.3. The molecule has 0 bridgehead atoms. The molecular formula is C33H44N4O3. The third-order valence-electron chi connectivity index (χ3n) is 7.83. The van der Waals surface area contributed by atoms with E-state index < -0.39 is 6.04 Å². The summed E-state index contributed by atoms with van der Waals surface area (Å²) in [6.45, 7) is 4.92. The summed E-state index contributed by atoms with van der Waals surface area (Å²) < 4.78 is 0. The summed E-state index contributed by atoms with van der Waals surface area (Å²) in [6, 6.07) is 17.9. The van der Waals surface area contributed by atoms with Gasteiger partial charge in [0.25, 0.3) is 0 Å². The molecule has 1 aromatic heterocycles. The predicted molar refractivity (Wildman–Crippen MR) is 161 cm³/mol. The van der Waals surface area contributed by atoms with Crippen molar-refractivity contribution in [3.8, 4) is 11.3 Å². The highest BCUT2D eigenvalue weighted by atomic mass is 16.2. The lowest BCUT2D eigenvalue weighted by atomic mass is 10.0. The summed E-state index contributed by atoms with van der Waals surface area (Å²) in [4.78, 5) is 43.3. The highest BCUT2D eigenvalue weighted by Gasteiger charge is 2.22. The van der Waals surface area contributed by atoms with Crippen molar-refractivity contribution in [2.45, 2.75) is 77.2 Å². The number of carbonyl (C=O) groups excluding carboxylic acids is 3. The molecule has 0 unspecified atom stereocenters. The number of Topliss-reactive ketones (excluding diaryl/α,β-unsaturated/α-hetero) is 1. The molecule has 2 heterocycles. The first kappa shape index (κ1) is 29.5. The van der Waals surface area contributed by atoms with Crippen LogP contribution in [0.4, 0.5) is 0 Å². The number of aromatic nitrogens is 1. The van der Waals surface area contributed by atoms with Crippen molar-refractivity contribution in [3.63, 3.8) is 0 Å². The molecule has 0 radical (unpaired) electrons. The first-order chi connectivity index (χ1) is 19.5. The van der Waals surface area contributed by atoms with E-state index in [9.17, 15) is 14.4 Å². The number of carbonyl (C=O) groups is 3. The Bertz CT molecular complexity index is 1250. The summed E-state index contributed by atoms with van der Waals surface area (Å²) >= 11 is 0. The molecule has 1 atom stereocenters. The van der Waals surface area contributed by atoms with Crippen LogP contribution in [0.5, 0.6) is 0 Å². The molecule has 0 spiro atoms. The minimum absolute atomic E-state index is 0.0718. The zero-order valence-electron chi connectivity index (χ0n) is 23.8. The molecule has 1 fully saturated rings. The number of rotatable bonds is 15. The van der Waals surface area contributed by atoms with Gasteiger partial charge in [-0.25, -0.2) is 0 Å². The molecule has 40 heavy (non-hydrogen) atoms. The predicted octanol–water partition coefficient (Wildman–Crippen LogP) is 5.39. The first-order valence-electron chi connectivity index (χ1n) is 14.9. The third-order valence-corrected chi connectivity index (χ3v) is 7.83. The molecule has 3 N–H and O–H groups in total. The molecule has 214 valence electrons. The van der Waals surface area contributed by atoms with Crippen LogP contribution in [0.15, 0.2) is 54.6 Å². The van der Waals surface area contributed by atoms with Crippen LogP contribution in [0.3, 0.4) is 0 Å². The number of para-hydroxylation sites is 1. The van der Waals surface area contributed by atoms with Gasteiger partial charge in [-0.05, 0) is 69.3 Å². The fraction of sp³-hybridized carbons (Fsp3) is 0.485. The number of amides is 2. The SMILES string of the molecule is CC(=O)CCCCC[C@H](NC(=O)CCN1CCCCC1)C(=O)NCCc1c(-c2ccccc2)[nH]c2ccccc12. The van der Waals surface area contributed by atoms with Crippen molar-refractivity contribution in [2.24, 2.45) is 0 Å². The number of hydrogen-bond donors (Lipinski definition) is 3. The average Bonchev–Trinajstić information content (AvgIpc) is 3.34. The number of benzene rings is 2. The molecule has 2 amide bonds. The van der Waals surface area contributed by atoms with Crippen LogP contribution in [0.2, 0.25) is 0 Å². The number of likely N-dealkylation sites (tertiary alicyclic amines) is 1. The highest BCUT2D eigenvalue weighted by molar-refractivity contribution is 5.91. The molecule has 7 heteroatoms. The van der Waals surface area contributed by atoms with E-state index in [1.807, 2.05) is 30.3 Å². The van der Waals surface area contributed by atoms with E-state index in [0.717, 1.165) is 61.1 Å². The van der Waals surface area contributed by atoms with E-state index in [2.05, 4.69) is 44.8 Å². The maximum Gasteiger partial charge on any atom is 0.242 e. The zero-order chi connectivity index (χ0) is 28.2. The summed E-state index contributed by atoms with van der Waals surface area (Å²) in [6.07, 6.45) is 8.33. The lowest BCUT2D eigenvalue weighted by Gasteiger charge is -2.26. The van der Waals surface area contributed by atoms with Crippen molar-refractivity contribution < 1.29 is 14.4 Å². The van der Waals surface area contributed by atoms with Gasteiger partial charge >= 0.3 is 0 Å². The average molecular weight is 545 g/mol. The van der Waals surface area contributed by atoms with E-state index in [4.69, 9.17) is 0 Å². The summed E-state index contributed by atoms with van der Waals surface area (Å²) in [7, 11) is 0. The number of nitrogens with zero attached hydrogens (tertiary/aromatic N) is 1. The second kappa shape index (κ2) is 15.4. The molecule has 4 rings (SSSR count). The van der Waals surface area contributed by atoms with Gasteiger partial charge in [0.15, 0.2) is 0 Å². The highest BCUT2D eigenvalue weighted by Crippen LogP contribution is 2.30. The van der Waals surface area contributed by atoms with Crippen LogP contribution < -0.4 is 10.6 Å². The number of piperidine rings is 1. The van der Waals surface area contributed by atoms with Crippen molar-refractivity contribution >= 4 is 28.5 Å². The molecule has 1 aliphatic heterocycles. The van der Waals surface area contributed by atoms with E-state index in [0.29, 0.717) is 32.2 Å². The van der Waals surface area contributed by atoms with Gasteiger partial charge in [-0.1, -0.05) is 67.8 Å². The zero-order valence-corrected chi connectivity index (χ0v) is 23.8. The monoisotopic (exact) mass is 544 g/mol. The van der Waals surface area contributed by atoms with Gasteiger partial charge in [-0.3, -0.25) is 9.59 Å². The third kappa shape index (κ3) is 8.78. The largest absolute Gasteiger partial charge is 0.354 e. The fourth-order valence-electron chi connectivity index (χ4n) is 5.62. The Hall–Kier alpha value is -3.45. The van der Waals surface area contributed by atoms with Crippen LogP contribution in [-0.2, 0) is 20.8 Å². The fourth-order valence-corrected chi connectivity index (χ4v) is 5.62. The Labute approximate surface area is 238 Å². The Morgan fingerprint density at radius 2 is 1.65 bits per heavy atom. The summed E-state index contributed by atoms with van der Waals surface area (Å²) in [5.74, 6) is -0.0242. The normalized spacial score (nSPS) is 14.6. The van der Waals surface area contributed by atoms with Gasteiger partial charge in [-0.15, -0.1) is 0 Å². The quantitative estimate of drug-likeness (QED) is 0.224. The maximum atomic E-state index is 13.3. The second-order valence-corrected chi connectivity index (χ2v) is 11.0. The number of ketones is 1. The topological polar surface area (TPSA) is 94.3 Å². The Morgan fingerprint density at radius 3 is 2.42 bits per heavy atom. The number of nitrogens with one attached hydrogen (secondary N) is 3. The standard InChI is InChI=1S/C33H44N4O3/c1-25(38)13-5-2-8-18-30(35-31(39)20-24-37-22-11-4-12-23-37)33(40)34-21-19-28-27-16-9-10-17-29(27)36-32(28)26-14-6-3-7-15-26/h3,6-7,9-10,14-17,30,36H,2,4-5,8,11-13,18-24H2,1H3,(H,34,40)(H,35,39)/t30-/m0/s1. The maximum absolute atomic E-state index is 13.3. The molecule has 1 saturated heterocycles. The van der Waals surface area contributed by atoms with E-state index in [1.54, 1.807) is 6.92 Å².